The predicted octanol–water partition coefficient (Wildman–Crippen LogP) is 3.43. The largest absolute Gasteiger partial charge is 0.469 e. The number of furan rings is 1. The zero-order chi connectivity index (χ0) is 14.4. The summed E-state index contributed by atoms with van der Waals surface area (Å²) >= 11 is 0. The monoisotopic (exact) mass is 268 g/mol. The highest BCUT2D eigenvalue weighted by Crippen LogP contribution is 2.27. The molecule has 0 atom stereocenters. The molecule has 1 aromatic carbocycles. The molecule has 4 heteroatoms. The summed E-state index contributed by atoms with van der Waals surface area (Å²) in [7, 11) is 0. The van der Waals surface area contributed by atoms with E-state index in [1.54, 1.807) is 23.8 Å². The lowest BCUT2D eigenvalue weighted by molar-refractivity contribution is 0.0961. The lowest BCUT2D eigenvalue weighted by Gasteiger charge is -2.08. The fourth-order valence-electron chi connectivity index (χ4n) is 2.69. The highest BCUT2D eigenvalue weighted by molar-refractivity contribution is 6.07. The van der Waals surface area contributed by atoms with Gasteiger partial charge in [-0.15, -0.1) is 0 Å². The van der Waals surface area contributed by atoms with Gasteiger partial charge in [0.25, 0.3) is 5.91 Å². The van der Waals surface area contributed by atoms with E-state index in [-0.39, 0.29) is 5.91 Å². The Morgan fingerprint density at radius 3 is 2.65 bits per heavy atom. The minimum atomic E-state index is -0.0980. The zero-order valence-electron chi connectivity index (χ0n) is 11.7. The molecular formula is C16H16N2O2. The number of fused-ring (bicyclic) bond motifs is 1. The Morgan fingerprint density at radius 1 is 1.25 bits per heavy atom. The summed E-state index contributed by atoms with van der Waals surface area (Å²) in [5.41, 5.74) is 9.71. The van der Waals surface area contributed by atoms with Gasteiger partial charge in [0, 0.05) is 16.6 Å². The number of aryl methyl sites for hydroxylation is 3. The van der Waals surface area contributed by atoms with Gasteiger partial charge in [-0.3, -0.25) is 9.36 Å². The smallest absolute Gasteiger partial charge is 0.266 e. The summed E-state index contributed by atoms with van der Waals surface area (Å²) in [5, 5.41) is 0.967. The lowest BCUT2D eigenvalue weighted by atomic mass is 10.1. The highest BCUT2D eigenvalue weighted by Gasteiger charge is 2.21. The minimum absolute atomic E-state index is 0.0980. The van der Waals surface area contributed by atoms with Crippen LogP contribution in [0.5, 0.6) is 0 Å². The van der Waals surface area contributed by atoms with Gasteiger partial charge < -0.3 is 10.2 Å². The number of carbonyl (C=O) groups is 1. The Bertz CT molecular complexity index is 805. The number of para-hydroxylation sites is 1. The first-order valence-electron chi connectivity index (χ1n) is 6.46. The summed E-state index contributed by atoms with van der Waals surface area (Å²) in [6.45, 7) is 5.57. The molecule has 2 heterocycles. The second-order valence-electron chi connectivity index (χ2n) is 5.06. The molecule has 0 spiro atoms. The molecule has 2 aromatic heterocycles. The number of carbonyl (C=O) groups excluding carboxylic acids is 1. The van der Waals surface area contributed by atoms with E-state index in [0.717, 1.165) is 22.2 Å². The van der Waals surface area contributed by atoms with Crippen molar-refractivity contribution < 1.29 is 9.21 Å². The van der Waals surface area contributed by atoms with E-state index < -0.39 is 0 Å². The molecule has 0 radical (unpaired) electrons. The fourth-order valence-corrected chi connectivity index (χ4v) is 2.69. The number of nitrogens with zero attached hydrogens (tertiary/aromatic N) is 1. The molecule has 0 aliphatic carbocycles. The molecule has 3 aromatic rings. The van der Waals surface area contributed by atoms with Crippen molar-refractivity contribution in [3.8, 4) is 0 Å². The average molecular weight is 268 g/mol. The maximum Gasteiger partial charge on any atom is 0.266 e. The van der Waals surface area contributed by atoms with E-state index in [0.29, 0.717) is 17.0 Å². The summed E-state index contributed by atoms with van der Waals surface area (Å²) in [6.07, 6.45) is 1.60. The van der Waals surface area contributed by atoms with Crippen molar-refractivity contribution in [2.45, 2.75) is 20.8 Å². The lowest BCUT2D eigenvalue weighted by Crippen LogP contribution is -2.15. The second kappa shape index (κ2) is 4.27. The van der Waals surface area contributed by atoms with Crippen LogP contribution in [-0.2, 0) is 0 Å². The summed E-state index contributed by atoms with van der Waals surface area (Å²) in [4.78, 5) is 12.8. The number of hydrogen-bond donors (Lipinski definition) is 1. The second-order valence-corrected chi connectivity index (χ2v) is 5.06. The Balaban J connectivity index is 2.30. The Hall–Kier alpha value is -2.49. The Morgan fingerprint density at radius 2 is 2.00 bits per heavy atom. The topological polar surface area (TPSA) is 61.2 Å². The first-order chi connectivity index (χ1) is 9.50. The van der Waals surface area contributed by atoms with E-state index in [9.17, 15) is 4.79 Å². The molecule has 0 saturated carbocycles. The molecule has 0 unspecified atom stereocenters. The summed E-state index contributed by atoms with van der Waals surface area (Å²) in [5.74, 6) is 0.530. The molecule has 0 amide bonds. The number of anilines is 1. The van der Waals surface area contributed by atoms with Crippen molar-refractivity contribution in [1.29, 1.82) is 0 Å². The van der Waals surface area contributed by atoms with Crippen molar-refractivity contribution >= 4 is 22.5 Å². The van der Waals surface area contributed by atoms with E-state index in [4.69, 9.17) is 10.2 Å². The quantitative estimate of drug-likeness (QED) is 0.688. The third-order valence-electron chi connectivity index (χ3n) is 3.61. The van der Waals surface area contributed by atoms with E-state index in [1.807, 2.05) is 32.0 Å². The van der Waals surface area contributed by atoms with Crippen LogP contribution < -0.4 is 5.73 Å². The van der Waals surface area contributed by atoms with Gasteiger partial charge in [-0.1, -0.05) is 12.1 Å². The van der Waals surface area contributed by atoms with E-state index in [2.05, 4.69) is 0 Å². The van der Waals surface area contributed by atoms with Crippen molar-refractivity contribution in [3.05, 3.63) is 53.1 Å². The van der Waals surface area contributed by atoms with Gasteiger partial charge in [0.15, 0.2) is 0 Å². The molecule has 0 aliphatic heterocycles. The maximum absolute atomic E-state index is 12.8. The van der Waals surface area contributed by atoms with Gasteiger partial charge in [-0.05, 0) is 32.9 Å². The minimum Gasteiger partial charge on any atom is -0.469 e. The normalized spacial score (nSPS) is 11.2. The fraction of sp³-hybridized carbons (Fsp3) is 0.188. The molecular weight excluding hydrogens is 252 g/mol. The van der Waals surface area contributed by atoms with Crippen molar-refractivity contribution in [2.75, 3.05) is 5.73 Å². The van der Waals surface area contributed by atoms with Crippen LogP contribution in [0, 0.1) is 20.8 Å². The van der Waals surface area contributed by atoms with Gasteiger partial charge in [0.1, 0.15) is 5.76 Å². The standard InChI is InChI=1S/C16H16N2O2/c1-9-8-20-11(3)14(9)16(19)18-10(2)7-12-5-4-6-13(17)15(12)18/h4-8H,17H2,1-3H3. The number of rotatable bonds is 1. The van der Waals surface area contributed by atoms with Crippen LogP contribution in [0.4, 0.5) is 5.69 Å². The molecule has 4 nitrogen and oxygen atoms in total. The first kappa shape index (κ1) is 12.5. The third kappa shape index (κ3) is 1.65. The highest BCUT2D eigenvalue weighted by atomic mass is 16.3. The first-order valence-corrected chi connectivity index (χ1v) is 6.46. The molecule has 20 heavy (non-hydrogen) atoms. The van der Waals surface area contributed by atoms with Crippen LogP contribution in [0.15, 0.2) is 34.9 Å². The van der Waals surface area contributed by atoms with Gasteiger partial charge in [-0.2, -0.15) is 0 Å². The van der Waals surface area contributed by atoms with Crippen LogP contribution in [0.1, 0.15) is 27.4 Å². The molecule has 0 saturated heterocycles. The SMILES string of the molecule is Cc1coc(C)c1C(=O)n1c(C)cc2cccc(N)c21. The molecule has 102 valence electrons. The number of hydrogen-bond acceptors (Lipinski definition) is 3. The van der Waals surface area contributed by atoms with Crippen LogP contribution >= 0.6 is 0 Å². The van der Waals surface area contributed by atoms with Crippen LogP contribution in [0.3, 0.4) is 0 Å². The summed E-state index contributed by atoms with van der Waals surface area (Å²) < 4.78 is 6.99. The van der Waals surface area contributed by atoms with Crippen LogP contribution in [-0.4, -0.2) is 10.5 Å². The summed E-state index contributed by atoms with van der Waals surface area (Å²) in [6, 6.07) is 7.62. The molecule has 3 rings (SSSR count). The number of nitrogens with two attached hydrogens (primary N) is 1. The molecule has 0 bridgehead atoms. The van der Waals surface area contributed by atoms with Gasteiger partial charge in [0.05, 0.1) is 23.0 Å². The van der Waals surface area contributed by atoms with Crippen molar-refractivity contribution in [1.82, 2.24) is 4.57 Å². The van der Waals surface area contributed by atoms with Crippen molar-refractivity contribution in [3.63, 3.8) is 0 Å². The van der Waals surface area contributed by atoms with E-state index in [1.165, 1.54) is 0 Å². The number of benzene rings is 1. The molecule has 0 aliphatic rings. The third-order valence-corrected chi connectivity index (χ3v) is 3.61. The van der Waals surface area contributed by atoms with Gasteiger partial charge in [0.2, 0.25) is 0 Å². The van der Waals surface area contributed by atoms with Crippen LogP contribution in [0.2, 0.25) is 0 Å². The zero-order valence-corrected chi connectivity index (χ0v) is 11.7. The number of nitrogen functional groups attached to an aromatic ring is 1. The predicted molar refractivity (Wildman–Crippen MR) is 79.0 cm³/mol. The average Bonchev–Trinajstić information content (AvgIpc) is 2.90. The molecule has 0 fully saturated rings. The van der Waals surface area contributed by atoms with Crippen LogP contribution in [0.25, 0.3) is 10.9 Å². The Labute approximate surface area is 116 Å². The van der Waals surface area contributed by atoms with Gasteiger partial charge >= 0.3 is 0 Å². The number of aromatic nitrogens is 1. The van der Waals surface area contributed by atoms with Crippen molar-refractivity contribution in [2.24, 2.45) is 0 Å². The maximum atomic E-state index is 12.8. The Kier molecular flexibility index (Phi) is 2.67. The molecule has 2 N–H and O–H groups in total. The van der Waals surface area contributed by atoms with Gasteiger partial charge in [-0.25, -0.2) is 0 Å². The van der Waals surface area contributed by atoms with E-state index >= 15 is 0 Å².